The maximum absolute atomic E-state index is 12.1. The van der Waals surface area contributed by atoms with Gasteiger partial charge >= 0.3 is 0 Å². The fourth-order valence-electron chi connectivity index (χ4n) is 1.86. The van der Waals surface area contributed by atoms with Gasteiger partial charge in [0.15, 0.2) is 0 Å². The molecule has 7 heteroatoms. The lowest BCUT2D eigenvalue weighted by molar-refractivity contribution is -0.384. The van der Waals surface area contributed by atoms with Crippen LogP contribution in [0.3, 0.4) is 0 Å². The Morgan fingerprint density at radius 1 is 1.58 bits per heavy atom. The number of hydrogen-bond donors (Lipinski definition) is 2. The van der Waals surface area contributed by atoms with Crippen molar-refractivity contribution in [2.45, 2.75) is 18.9 Å². The molecule has 1 aliphatic heterocycles. The summed E-state index contributed by atoms with van der Waals surface area (Å²) >= 11 is 0. The van der Waals surface area contributed by atoms with Crippen molar-refractivity contribution in [3.63, 3.8) is 0 Å². The number of carbonyl (C=O) groups excluding carboxylic acids is 1. The summed E-state index contributed by atoms with van der Waals surface area (Å²) < 4.78 is 5.12. The van der Waals surface area contributed by atoms with Gasteiger partial charge < -0.3 is 15.8 Å². The molecule has 1 aliphatic rings. The molecular weight excluding hydrogens is 250 g/mol. The van der Waals surface area contributed by atoms with Gasteiger partial charge in [-0.2, -0.15) is 0 Å². The number of hydrogen-bond acceptors (Lipinski definition) is 5. The van der Waals surface area contributed by atoms with E-state index in [1.165, 1.54) is 12.1 Å². The molecular formula is C12H15N3O4. The number of nitro groups is 1. The first-order chi connectivity index (χ1) is 8.92. The van der Waals surface area contributed by atoms with Crippen LogP contribution in [0.25, 0.3) is 0 Å². The summed E-state index contributed by atoms with van der Waals surface area (Å²) in [6, 6.07) is 4.30. The van der Waals surface area contributed by atoms with Gasteiger partial charge in [0, 0.05) is 18.7 Å². The van der Waals surface area contributed by atoms with Gasteiger partial charge in [-0.05, 0) is 18.9 Å². The van der Waals surface area contributed by atoms with Gasteiger partial charge in [-0.1, -0.05) is 6.07 Å². The summed E-state index contributed by atoms with van der Waals surface area (Å²) in [7, 11) is 0. The second-order valence-corrected chi connectivity index (χ2v) is 4.67. The van der Waals surface area contributed by atoms with Crippen molar-refractivity contribution >= 4 is 17.3 Å². The SMILES string of the molecule is Cc1ccc([N+](=O)[O-])cc1NC(=O)C1(N)CCOC1. The minimum absolute atomic E-state index is 0.0744. The Kier molecular flexibility index (Phi) is 3.50. The van der Waals surface area contributed by atoms with E-state index in [9.17, 15) is 14.9 Å². The number of amides is 1. The molecule has 102 valence electrons. The number of benzene rings is 1. The van der Waals surface area contributed by atoms with Gasteiger partial charge in [-0.3, -0.25) is 14.9 Å². The zero-order valence-electron chi connectivity index (χ0n) is 10.5. The molecule has 1 aromatic rings. The van der Waals surface area contributed by atoms with Crippen molar-refractivity contribution in [2.75, 3.05) is 18.5 Å². The van der Waals surface area contributed by atoms with Crippen LogP contribution in [-0.2, 0) is 9.53 Å². The van der Waals surface area contributed by atoms with Crippen LogP contribution in [0.5, 0.6) is 0 Å². The predicted molar refractivity (Wildman–Crippen MR) is 68.8 cm³/mol. The minimum atomic E-state index is -1.06. The molecule has 3 N–H and O–H groups in total. The molecule has 1 atom stereocenters. The number of nitrogens with two attached hydrogens (primary N) is 1. The maximum Gasteiger partial charge on any atom is 0.271 e. The topological polar surface area (TPSA) is 107 Å². The summed E-state index contributed by atoms with van der Waals surface area (Å²) in [5.74, 6) is -0.381. The van der Waals surface area contributed by atoms with E-state index in [1.807, 2.05) is 0 Å². The van der Waals surface area contributed by atoms with Gasteiger partial charge in [-0.15, -0.1) is 0 Å². The molecule has 1 amide bonds. The van der Waals surface area contributed by atoms with Gasteiger partial charge in [-0.25, -0.2) is 0 Å². The molecule has 1 fully saturated rings. The Balaban J connectivity index is 2.20. The summed E-state index contributed by atoms with van der Waals surface area (Å²) in [5.41, 5.74) is 5.93. The van der Waals surface area contributed by atoms with Crippen LogP contribution in [0.15, 0.2) is 18.2 Å². The molecule has 1 heterocycles. The van der Waals surface area contributed by atoms with Crippen molar-refractivity contribution < 1.29 is 14.5 Å². The molecule has 0 spiro atoms. The van der Waals surface area contributed by atoms with E-state index < -0.39 is 10.5 Å². The number of rotatable bonds is 3. The number of nitrogens with one attached hydrogen (secondary N) is 1. The van der Waals surface area contributed by atoms with Gasteiger partial charge in [0.05, 0.1) is 17.2 Å². The van der Waals surface area contributed by atoms with Crippen molar-refractivity contribution in [2.24, 2.45) is 5.73 Å². The van der Waals surface area contributed by atoms with E-state index in [-0.39, 0.29) is 18.2 Å². The normalized spacial score (nSPS) is 22.2. The Bertz CT molecular complexity index is 524. The number of nitro benzene ring substituents is 1. The minimum Gasteiger partial charge on any atom is -0.379 e. The highest BCUT2D eigenvalue weighted by Crippen LogP contribution is 2.24. The number of anilines is 1. The molecule has 0 radical (unpaired) electrons. The summed E-state index contributed by atoms with van der Waals surface area (Å²) in [5, 5.41) is 13.4. The molecule has 0 aliphatic carbocycles. The zero-order chi connectivity index (χ0) is 14.0. The van der Waals surface area contributed by atoms with E-state index in [4.69, 9.17) is 10.5 Å². The predicted octanol–water partition coefficient (Wildman–Crippen LogP) is 0.960. The van der Waals surface area contributed by atoms with Crippen LogP contribution < -0.4 is 11.1 Å². The average molecular weight is 265 g/mol. The second-order valence-electron chi connectivity index (χ2n) is 4.67. The maximum atomic E-state index is 12.1. The van der Waals surface area contributed by atoms with Gasteiger partial charge in [0.2, 0.25) is 5.91 Å². The first-order valence-corrected chi connectivity index (χ1v) is 5.85. The first kappa shape index (κ1) is 13.4. The molecule has 0 aromatic heterocycles. The third kappa shape index (κ3) is 2.72. The van der Waals surface area contributed by atoms with Crippen molar-refractivity contribution in [3.8, 4) is 0 Å². The third-order valence-electron chi connectivity index (χ3n) is 3.18. The number of non-ortho nitro benzene ring substituents is 1. The fourth-order valence-corrected chi connectivity index (χ4v) is 1.86. The quantitative estimate of drug-likeness (QED) is 0.625. The van der Waals surface area contributed by atoms with E-state index in [0.29, 0.717) is 18.7 Å². The lowest BCUT2D eigenvalue weighted by Crippen LogP contribution is -2.51. The van der Waals surface area contributed by atoms with E-state index in [1.54, 1.807) is 13.0 Å². The summed E-state index contributed by atoms with van der Waals surface area (Å²) in [6.07, 6.45) is 0.437. The number of aryl methyl sites for hydroxylation is 1. The van der Waals surface area contributed by atoms with Gasteiger partial charge in [0.25, 0.3) is 5.69 Å². The van der Waals surface area contributed by atoms with E-state index in [2.05, 4.69) is 5.32 Å². The highest BCUT2D eigenvalue weighted by molar-refractivity contribution is 5.99. The lowest BCUT2D eigenvalue weighted by Gasteiger charge is -2.21. The Morgan fingerprint density at radius 3 is 2.89 bits per heavy atom. The summed E-state index contributed by atoms with van der Waals surface area (Å²) in [6.45, 7) is 2.36. The van der Waals surface area contributed by atoms with E-state index >= 15 is 0 Å². The Hall–Kier alpha value is -1.99. The standard InChI is InChI=1S/C12H15N3O4/c1-8-2-3-9(15(17)18)6-10(8)14-11(16)12(13)4-5-19-7-12/h2-3,6H,4-5,7,13H2,1H3,(H,14,16). The van der Waals surface area contributed by atoms with Crippen LogP contribution >= 0.6 is 0 Å². The van der Waals surface area contributed by atoms with Crippen LogP contribution in [0.4, 0.5) is 11.4 Å². The smallest absolute Gasteiger partial charge is 0.271 e. The molecule has 1 saturated heterocycles. The highest BCUT2D eigenvalue weighted by Gasteiger charge is 2.38. The monoisotopic (exact) mass is 265 g/mol. The first-order valence-electron chi connectivity index (χ1n) is 5.85. The largest absolute Gasteiger partial charge is 0.379 e. The highest BCUT2D eigenvalue weighted by atomic mass is 16.6. The zero-order valence-corrected chi connectivity index (χ0v) is 10.5. The van der Waals surface area contributed by atoms with Crippen molar-refractivity contribution in [1.82, 2.24) is 0 Å². The Morgan fingerprint density at radius 2 is 2.32 bits per heavy atom. The fraction of sp³-hybridized carbons (Fsp3) is 0.417. The van der Waals surface area contributed by atoms with Crippen LogP contribution in [0, 0.1) is 17.0 Å². The van der Waals surface area contributed by atoms with Crippen molar-refractivity contribution in [3.05, 3.63) is 33.9 Å². The third-order valence-corrected chi connectivity index (χ3v) is 3.18. The van der Waals surface area contributed by atoms with Crippen LogP contribution in [0.2, 0.25) is 0 Å². The Labute approximate surface area is 109 Å². The lowest BCUT2D eigenvalue weighted by atomic mass is 9.99. The molecule has 7 nitrogen and oxygen atoms in total. The molecule has 1 unspecified atom stereocenters. The molecule has 0 saturated carbocycles. The van der Waals surface area contributed by atoms with Crippen LogP contribution in [-0.4, -0.2) is 29.6 Å². The van der Waals surface area contributed by atoms with E-state index in [0.717, 1.165) is 5.56 Å². The second kappa shape index (κ2) is 4.94. The van der Waals surface area contributed by atoms with Crippen molar-refractivity contribution in [1.29, 1.82) is 0 Å². The van der Waals surface area contributed by atoms with Gasteiger partial charge in [0.1, 0.15) is 5.54 Å². The molecule has 2 rings (SSSR count). The summed E-state index contributed by atoms with van der Waals surface area (Å²) in [4.78, 5) is 22.3. The average Bonchev–Trinajstić information content (AvgIpc) is 2.80. The number of ether oxygens (including phenoxy) is 1. The molecule has 19 heavy (non-hydrogen) atoms. The molecule has 0 bridgehead atoms. The molecule has 1 aromatic carbocycles. The van der Waals surface area contributed by atoms with Crippen LogP contribution in [0.1, 0.15) is 12.0 Å². The number of nitrogens with zero attached hydrogens (tertiary/aromatic N) is 1. The number of carbonyl (C=O) groups is 1.